The van der Waals surface area contributed by atoms with Gasteiger partial charge in [0.05, 0.1) is 11.8 Å². The van der Waals surface area contributed by atoms with Gasteiger partial charge in [-0.2, -0.15) is 0 Å². The summed E-state index contributed by atoms with van der Waals surface area (Å²) < 4.78 is 0. The number of nitrogens with one attached hydrogen (secondary N) is 2. The minimum atomic E-state index is -0.967. The van der Waals surface area contributed by atoms with Crippen LogP contribution in [0.1, 0.15) is 28.8 Å². The molecule has 0 saturated carbocycles. The second-order valence-electron chi connectivity index (χ2n) is 5.54. The molecule has 0 saturated heterocycles. The second-order valence-corrected chi connectivity index (χ2v) is 5.54. The number of benzene rings is 1. The van der Waals surface area contributed by atoms with Crippen LogP contribution in [0.5, 0.6) is 0 Å². The van der Waals surface area contributed by atoms with Crippen molar-refractivity contribution in [3.8, 4) is 0 Å². The number of anilines is 1. The fraction of sp³-hybridized carbons (Fsp3) is 0.353. The highest BCUT2D eigenvalue weighted by Gasteiger charge is 2.34. The zero-order valence-electron chi connectivity index (χ0n) is 13.1. The molecule has 1 aromatic rings. The number of rotatable bonds is 4. The zero-order valence-corrected chi connectivity index (χ0v) is 13.1. The van der Waals surface area contributed by atoms with Crippen LogP contribution in [0.15, 0.2) is 30.4 Å². The number of carbonyl (C=O) groups excluding carboxylic acids is 2. The van der Waals surface area contributed by atoms with E-state index in [4.69, 9.17) is 0 Å². The summed E-state index contributed by atoms with van der Waals surface area (Å²) in [5, 5.41) is 14.6. The first-order valence-electron chi connectivity index (χ1n) is 7.46. The summed E-state index contributed by atoms with van der Waals surface area (Å²) in [5.74, 6) is -2.87. The van der Waals surface area contributed by atoms with Crippen molar-refractivity contribution in [3.63, 3.8) is 0 Å². The molecule has 3 N–H and O–H groups in total. The van der Waals surface area contributed by atoms with Crippen molar-refractivity contribution in [2.45, 2.75) is 19.8 Å². The van der Waals surface area contributed by atoms with Gasteiger partial charge >= 0.3 is 5.97 Å². The van der Waals surface area contributed by atoms with Gasteiger partial charge in [0, 0.05) is 18.3 Å². The quantitative estimate of drug-likeness (QED) is 0.740. The van der Waals surface area contributed by atoms with E-state index in [1.807, 2.05) is 6.08 Å². The Hall–Kier alpha value is -2.63. The first-order valence-corrected chi connectivity index (χ1v) is 7.46. The summed E-state index contributed by atoms with van der Waals surface area (Å²) in [6.07, 6.45) is 4.37. The minimum absolute atomic E-state index is 0.234. The number of carboxylic acid groups (broad SMARTS) is 1. The highest BCUT2D eigenvalue weighted by atomic mass is 16.4. The summed E-state index contributed by atoms with van der Waals surface area (Å²) in [7, 11) is 1.54. The zero-order chi connectivity index (χ0) is 17.0. The first-order chi connectivity index (χ1) is 11.0. The van der Waals surface area contributed by atoms with Gasteiger partial charge in [-0.1, -0.05) is 18.2 Å². The molecule has 2 amide bonds. The third-order valence-corrected chi connectivity index (χ3v) is 4.15. The first kappa shape index (κ1) is 16.7. The van der Waals surface area contributed by atoms with Crippen LogP contribution in [0.25, 0.3) is 0 Å². The van der Waals surface area contributed by atoms with E-state index in [2.05, 4.69) is 10.6 Å². The van der Waals surface area contributed by atoms with Crippen molar-refractivity contribution in [2.24, 2.45) is 11.8 Å². The average Bonchev–Trinajstić information content (AvgIpc) is 2.56. The van der Waals surface area contributed by atoms with Gasteiger partial charge in [-0.15, -0.1) is 0 Å². The Kier molecular flexibility index (Phi) is 5.16. The van der Waals surface area contributed by atoms with Gasteiger partial charge in [-0.05, 0) is 37.5 Å². The normalized spacial score (nSPS) is 19.9. The Balaban J connectivity index is 2.22. The molecule has 0 bridgehead atoms. The van der Waals surface area contributed by atoms with Crippen LogP contribution in [0, 0.1) is 18.8 Å². The number of allylic oxidation sites excluding steroid dienone is 2. The largest absolute Gasteiger partial charge is 0.481 e. The molecule has 0 aliphatic heterocycles. The van der Waals surface area contributed by atoms with Gasteiger partial charge in [0.15, 0.2) is 0 Å². The number of hydrogen-bond acceptors (Lipinski definition) is 3. The monoisotopic (exact) mass is 316 g/mol. The standard InChI is InChI=1S/C17H20N2O4/c1-10-11(15(20)18-2)8-5-9-14(10)19-16(21)12-6-3-4-7-13(12)17(22)23/h3-5,8-9,12-13H,6-7H2,1-2H3,(H,18,20)(H,19,21)(H,22,23)/t12-,13-/m0/s1. The van der Waals surface area contributed by atoms with Crippen molar-refractivity contribution in [3.05, 3.63) is 41.5 Å². The maximum Gasteiger partial charge on any atom is 0.307 e. The van der Waals surface area contributed by atoms with Crippen LogP contribution in [0.4, 0.5) is 5.69 Å². The van der Waals surface area contributed by atoms with Gasteiger partial charge in [-0.25, -0.2) is 0 Å². The molecule has 6 nitrogen and oxygen atoms in total. The highest BCUT2D eigenvalue weighted by Crippen LogP contribution is 2.28. The highest BCUT2D eigenvalue weighted by molar-refractivity contribution is 6.00. The third kappa shape index (κ3) is 3.59. The van der Waals surface area contributed by atoms with E-state index < -0.39 is 17.8 Å². The number of aliphatic carboxylic acids is 1. The Morgan fingerprint density at radius 1 is 1.13 bits per heavy atom. The number of amides is 2. The lowest BCUT2D eigenvalue weighted by Gasteiger charge is -2.24. The molecule has 23 heavy (non-hydrogen) atoms. The Morgan fingerprint density at radius 3 is 2.39 bits per heavy atom. The molecule has 6 heteroatoms. The topological polar surface area (TPSA) is 95.5 Å². The molecule has 0 radical (unpaired) electrons. The Labute approximate surface area is 134 Å². The average molecular weight is 316 g/mol. The Bertz CT molecular complexity index is 667. The molecule has 2 rings (SSSR count). The van der Waals surface area contributed by atoms with Crippen molar-refractivity contribution in [2.75, 3.05) is 12.4 Å². The van der Waals surface area contributed by atoms with E-state index in [-0.39, 0.29) is 11.8 Å². The van der Waals surface area contributed by atoms with Gasteiger partial charge < -0.3 is 15.7 Å². The molecule has 1 aromatic carbocycles. The predicted octanol–water partition coefficient (Wildman–Crippen LogP) is 1.96. The molecule has 0 spiro atoms. The summed E-state index contributed by atoms with van der Waals surface area (Å²) >= 11 is 0. The summed E-state index contributed by atoms with van der Waals surface area (Å²) in [6, 6.07) is 5.06. The van der Waals surface area contributed by atoms with Crippen LogP contribution >= 0.6 is 0 Å². The lowest BCUT2D eigenvalue weighted by molar-refractivity contribution is -0.146. The SMILES string of the molecule is CNC(=O)c1cccc(NC(=O)[C@H]2CC=CC[C@@H]2C(=O)O)c1C. The molecule has 0 fully saturated rings. The molecular formula is C17H20N2O4. The van der Waals surface area contributed by atoms with E-state index in [1.165, 1.54) is 0 Å². The van der Waals surface area contributed by atoms with E-state index in [1.54, 1.807) is 38.2 Å². The molecular weight excluding hydrogens is 296 g/mol. The van der Waals surface area contributed by atoms with Gasteiger partial charge in [0.25, 0.3) is 5.91 Å². The van der Waals surface area contributed by atoms with E-state index in [9.17, 15) is 19.5 Å². The predicted molar refractivity (Wildman–Crippen MR) is 86.2 cm³/mol. The van der Waals surface area contributed by atoms with E-state index in [0.29, 0.717) is 29.7 Å². The molecule has 122 valence electrons. The van der Waals surface area contributed by atoms with Crippen molar-refractivity contribution >= 4 is 23.5 Å². The maximum atomic E-state index is 12.5. The van der Waals surface area contributed by atoms with Crippen molar-refractivity contribution in [1.82, 2.24) is 5.32 Å². The smallest absolute Gasteiger partial charge is 0.307 e. The fourth-order valence-corrected chi connectivity index (χ4v) is 2.75. The van der Waals surface area contributed by atoms with E-state index >= 15 is 0 Å². The summed E-state index contributed by atoms with van der Waals surface area (Å²) in [5.41, 5.74) is 1.65. The molecule has 0 aromatic heterocycles. The van der Waals surface area contributed by atoms with Gasteiger partial charge in [-0.3, -0.25) is 14.4 Å². The lowest BCUT2D eigenvalue weighted by Crippen LogP contribution is -2.35. The molecule has 2 atom stereocenters. The van der Waals surface area contributed by atoms with Crippen LogP contribution < -0.4 is 10.6 Å². The van der Waals surface area contributed by atoms with Crippen LogP contribution in [0.2, 0.25) is 0 Å². The number of hydrogen-bond donors (Lipinski definition) is 3. The number of carboxylic acids is 1. The van der Waals surface area contributed by atoms with Crippen LogP contribution in [-0.2, 0) is 9.59 Å². The van der Waals surface area contributed by atoms with Crippen molar-refractivity contribution < 1.29 is 19.5 Å². The number of carbonyl (C=O) groups is 3. The molecule has 0 unspecified atom stereocenters. The second kappa shape index (κ2) is 7.09. The van der Waals surface area contributed by atoms with Crippen LogP contribution in [0.3, 0.4) is 0 Å². The van der Waals surface area contributed by atoms with Crippen LogP contribution in [-0.4, -0.2) is 29.9 Å². The third-order valence-electron chi connectivity index (χ3n) is 4.15. The Morgan fingerprint density at radius 2 is 1.78 bits per heavy atom. The molecule has 1 aliphatic carbocycles. The summed E-state index contributed by atoms with van der Waals surface area (Å²) in [4.78, 5) is 35.6. The maximum absolute atomic E-state index is 12.5. The van der Waals surface area contributed by atoms with E-state index in [0.717, 1.165) is 0 Å². The summed E-state index contributed by atoms with van der Waals surface area (Å²) in [6.45, 7) is 1.75. The molecule has 0 heterocycles. The van der Waals surface area contributed by atoms with Gasteiger partial charge in [0.1, 0.15) is 0 Å². The van der Waals surface area contributed by atoms with Crippen molar-refractivity contribution in [1.29, 1.82) is 0 Å². The fourth-order valence-electron chi connectivity index (χ4n) is 2.75. The lowest BCUT2D eigenvalue weighted by atomic mass is 9.82. The molecule has 1 aliphatic rings. The van der Waals surface area contributed by atoms with Gasteiger partial charge in [0.2, 0.25) is 5.91 Å². The minimum Gasteiger partial charge on any atom is -0.481 e.